The third kappa shape index (κ3) is 4.28. The highest BCUT2D eigenvalue weighted by molar-refractivity contribution is 5.81. The minimum atomic E-state index is -4.86. The van der Waals surface area contributed by atoms with Gasteiger partial charge in [0.05, 0.1) is 18.7 Å². The molecular formula is C20H21F3N4O3. The lowest BCUT2D eigenvalue weighted by Gasteiger charge is -2.27. The lowest BCUT2D eigenvalue weighted by molar-refractivity contribution is -0.274. The van der Waals surface area contributed by atoms with Crippen LogP contribution in [-0.2, 0) is 0 Å². The molecule has 0 spiro atoms. The maximum absolute atomic E-state index is 12.9. The molecule has 160 valence electrons. The summed E-state index contributed by atoms with van der Waals surface area (Å²) in [6.45, 7) is 0. The summed E-state index contributed by atoms with van der Waals surface area (Å²) in [5.74, 6) is 0.270. The molecule has 1 aromatic carbocycles. The van der Waals surface area contributed by atoms with Gasteiger partial charge in [0.15, 0.2) is 0 Å². The predicted octanol–water partition coefficient (Wildman–Crippen LogP) is 4.02. The Morgan fingerprint density at radius 3 is 2.77 bits per heavy atom. The van der Waals surface area contributed by atoms with Gasteiger partial charge < -0.3 is 19.9 Å². The molecule has 4 rings (SSSR count). The molecule has 3 aromatic rings. The van der Waals surface area contributed by atoms with Gasteiger partial charge in [-0.3, -0.25) is 4.40 Å². The van der Waals surface area contributed by atoms with Gasteiger partial charge in [-0.05, 0) is 49.9 Å². The molecule has 0 amide bonds. The first kappa shape index (κ1) is 20.3. The van der Waals surface area contributed by atoms with Crippen LogP contribution in [0.15, 0.2) is 36.5 Å². The van der Waals surface area contributed by atoms with E-state index in [1.54, 1.807) is 22.7 Å². The zero-order valence-corrected chi connectivity index (χ0v) is 16.2. The summed E-state index contributed by atoms with van der Waals surface area (Å²) < 4.78 is 49.8. The van der Waals surface area contributed by atoms with Crippen molar-refractivity contribution < 1.29 is 27.8 Å². The van der Waals surface area contributed by atoms with Crippen molar-refractivity contribution in [3.05, 3.63) is 36.5 Å². The second kappa shape index (κ2) is 8.02. The zero-order chi connectivity index (χ0) is 21.3. The Morgan fingerprint density at radius 2 is 2.03 bits per heavy atom. The van der Waals surface area contributed by atoms with Crippen LogP contribution < -0.4 is 14.8 Å². The predicted molar refractivity (Wildman–Crippen MR) is 104 cm³/mol. The molecule has 1 saturated carbocycles. The van der Waals surface area contributed by atoms with E-state index in [2.05, 4.69) is 20.3 Å². The number of nitrogens with one attached hydrogen (secondary N) is 1. The average Bonchev–Trinajstić information content (AvgIpc) is 3.18. The van der Waals surface area contributed by atoms with E-state index in [4.69, 9.17) is 4.74 Å². The number of ether oxygens (including phenoxy) is 2. The third-order valence-corrected chi connectivity index (χ3v) is 5.11. The summed E-state index contributed by atoms with van der Waals surface area (Å²) in [4.78, 5) is 0. The van der Waals surface area contributed by atoms with Gasteiger partial charge in [-0.2, -0.15) is 0 Å². The summed E-state index contributed by atoms with van der Waals surface area (Å²) in [5, 5.41) is 21.6. The van der Waals surface area contributed by atoms with Gasteiger partial charge in [-0.25, -0.2) is 0 Å². The van der Waals surface area contributed by atoms with E-state index in [9.17, 15) is 18.3 Å². The maximum Gasteiger partial charge on any atom is 0.573 e. The molecule has 10 heteroatoms. The van der Waals surface area contributed by atoms with Crippen molar-refractivity contribution in [1.82, 2.24) is 14.6 Å². The first-order valence-corrected chi connectivity index (χ1v) is 9.56. The van der Waals surface area contributed by atoms with Crippen LogP contribution in [0.5, 0.6) is 11.5 Å². The summed E-state index contributed by atoms with van der Waals surface area (Å²) in [7, 11) is 1.36. The Balaban J connectivity index is 1.73. The molecule has 1 fully saturated rings. The fraction of sp³-hybridized carbons (Fsp3) is 0.400. The fourth-order valence-corrected chi connectivity index (χ4v) is 3.76. The van der Waals surface area contributed by atoms with Crippen molar-refractivity contribution in [3.8, 4) is 22.8 Å². The molecule has 2 aromatic heterocycles. The quantitative estimate of drug-likeness (QED) is 0.647. The SMILES string of the molecule is COc1ccc(-c2nnc(N[C@@H]3CCC[C@H](O)C3)n3cccc23)c(OC(F)(F)F)c1. The summed E-state index contributed by atoms with van der Waals surface area (Å²) in [5.41, 5.74) is 0.959. The van der Waals surface area contributed by atoms with Crippen LogP contribution in [0.25, 0.3) is 16.8 Å². The Bertz CT molecular complexity index is 1040. The maximum atomic E-state index is 12.9. The molecule has 7 nitrogen and oxygen atoms in total. The van der Waals surface area contributed by atoms with E-state index < -0.39 is 12.1 Å². The molecule has 30 heavy (non-hydrogen) atoms. The van der Waals surface area contributed by atoms with E-state index in [1.807, 2.05) is 0 Å². The molecule has 0 unspecified atom stereocenters. The topological polar surface area (TPSA) is 80.9 Å². The van der Waals surface area contributed by atoms with Gasteiger partial charge in [0.25, 0.3) is 0 Å². The highest BCUT2D eigenvalue weighted by Gasteiger charge is 2.33. The number of halogens is 3. The highest BCUT2D eigenvalue weighted by Crippen LogP contribution is 2.38. The number of benzene rings is 1. The van der Waals surface area contributed by atoms with E-state index in [-0.39, 0.29) is 29.2 Å². The van der Waals surface area contributed by atoms with Crippen LogP contribution in [0.3, 0.4) is 0 Å². The Morgan fingerprint density at radius 1 is 1.20 bits per heavy atom. The van der Waals surface area contributed by atoms with Gasteiger partial charge in [-0.15, -0.1) is 23.4 Å². The lowest BCUT2D eigenvalue weighted by atomic mass is 9.93. The van der Waals surface area contributed by atoms with Crippen LogP contribution in [0.1, 0.15) is 25.7 Å². The van der Waals surface area contributed by atoms with E-state index >= 15 is 0 Å². The van der Waals surface area contributed by atoms with Crippen LogP contribution in [0.4, 0.5) is 19.1 Å². The first-order chi connectivity index (χ1) is 14.3. The average molecular weight is 422 g/mol. The number of anilines is 1. The van der Waals surface area contributed by atoms with Crippen LogP contribution in [0, 0.1) is 0 Å². The number of aliphatic hydroxyl groups excluding tert-OH is 1. The smallest absolute Gasteiger partial charge is 0.497 e. The van der Waals surface area contributed by atoms with E-state index in [0.29, 0.717) is 17.9 Å². The van der Waals surface area contributed by atoms with Crippen molar-refractivity contribution >= 4 is 11.5 Å². The van der Waals surface area contributed by atoms with Gasteiger partial charge in [-0.1, -0.05) is 0 Å². The van der Waals surface area contributed by atoms with Crippen molar-refractivity contribution in [2.45, 2.75) is 44.2 Å². The number of fused-ring (bicyclic) bond motifs is 1. The second-order valence-corrected chi connectivity index (χ2v) is 7.21. The fourth-order valence-electron chi connectivity index (χ4n) is 3.76. The Kier molecular flexibility index (Phi) is 5.42. The van der Waals surface area contributed by atoms with Crippen LogP contribution >= 0.6 is 0 Å². The highest BCUT2D eigenvalue weighted by atomic mass is 19.4. The second-order valence-electron chi connectivity index (χ2n) is 7.21. The number of methoxy groups -OCH3 is 1. The molecule has 1 aliphatic rings. The van der Waals surface area contributed by atoms with Gasteiger partial charge in [0.2, 0.25) is 5.95 Å². The largest absolute Gasteiger partial charge is 0.573 e. The molecule has 1 aliphatic carbocycles. The van der Waals surface area contributed by atoms with Crippen molar-refractivity contribution in [2.24, 2.45) is 0 Å². The summed E-state index contributed by atoms with van der Waals surface area (Å²) in [6, 6.07) is 7.71. The first-order valence-electron chi connectivity index (χ1n) is 9.56. The number of nitrogens with zero attached hydrogens (tertiary/aromatic N) is 3. The van der Waals surface area contributed by atoms with E-state index in [1.165, 1.54) is 25.3 Å². The number of rotatable bonds is 5. The number of aromatic nitrogens is 3. The molecule has 2 heterocycles. The van der Waals surface area contributed by atoms with Crippen LogP contribution in [-0.4, -0.2) is 45.3 Å². The molecule has 0 bridgehead atoms. The Hall–Kier alpha value is -3.01. The van der Waals surface area contributed by atoms with Gasteiger partial charge in [0.1, 0.15) is 17.2 Å². The van der Waals surface area contributed by atoms with Crippen LogP contribution in [0.2, 0.25) is 0 Å². The van der Waals surface area contributed by atoms with Crippen molar-refractivity contribution in [2.75, 3.05) is 12.4 Å². The molecule has 0 aliphatic heterocycles. The van der Waals surface area contributed by atoms with Crippen molar-refractivity contribution in [1.29, 1.82) is 0 Å². The zero-order valence-electron chi connectivity index (χ0n) is 16.2. The summed E-state index contributed by atoms with van der Waals surface area (Å²) >= 11 is 0. The number of hydrogen-bond acceptors (Lipinski definition) is 6. The molecule has 2 N–H and O–H groups in total. The van der Waals surface area contributed by atoms with E-state index in [0.717, 1.165) is 19.3 Å². The van der Waals surface area contributed by atoms with Gasteiger partial charge >= 0.3 is 6.36 Å². The molecular weight excluding hydrogens is 401 g/mol. The monoisotopic (exact) mass is 422 g/mol. The lowest BCUT2D eigenvalue weighted by Crippen LogP contribution is -2.31. The minimum Gasteiger partial charge on any atom is -0.497 e. The Labute approximate surface area is 170 Å². The molecule has 0 saturated heterocycles. The van der Waals surface area contributed by atoms with Crippen molar-refractivity contribution in [3.63, 3.8) is 0 Å². The summed E-state index contributed by atoms with van der Waals surface area (Å²) in [6.07, 6.45) is -0.284. The normalized spacial score (nSPS) is 19.6. The number of hydrogen-bond donors (Lipinski definition) is 2. The molecule has 2 atom stereocenters. The van der Waals surface area contributed by atoms with Gasteiger partial charge in [0, 0.05) is 23.9 Å². The third-order valence-electron chi connectivity index (χ3n) is 5.11. The standard InChI is InChI=1S/C20H21F3N4O3/c1-29-14-7-8-15(17(11-14)30-20(21,22)23)18-16-6-3-9-27(16)19(26-25-18)24-12-4-2-5-13(28)10-12/h3,6-9,11-13,28H,2,4-5,10H2,1H3,(H,24,26)/t12-,13+/m1/s1. The molecule has 0 radical (unpaired) electrons. The number of aliphatic hydroxyl groups is 1. The minimum absolute atomic E-state index is 0.0459. The number of alkyl halides is 3.